The molecule has 0 unspecified atom stereocenters. The molecule has 2 aromatic rings. The van der Waals surface area contributed by atoms with Gasteiger partial charge in [-0.05, 0) is 70.9 Å². The first kappa shape index (κ1) is 36.6. The molecule has 1 aromatic heterocycles. The van der Waals surface area contributed by atoms with Crippen LogP contribution < -0.4 is 0 Å². The number of alkyl halides is 3. The molecule has 0 radical (unpaired) electrons. The number of benzene rings is 1. The highest BCUT2D eigenvalue weighted by Gasteiger charge is 2.35. The van der Waals surface area contributed by atoms with Crippen LogP contribution in [0.2, 0.25) is 0 Å². The lowest BCUT2D eigenvalue weighted by atomic mass is 10.0. The van der Waals surface area contributed by atoms with Crippen molar-refractivity contribution in [1.29, 1.82) is 0 Å². The van der Waals surface area contributed by atoms with Gasteiger partial charge in [0.15, 0.2) is 0 Å². The Morgan fingerprint density at radius 2 is 1.69 bits per heavy atom. The number of piperidine rings is 1. The van der Waals surface area contributed by atoms with Gasteiger partial charge in [-0.15, -0.1) is 11.8 Å². The zero-order valence-corrected chi connectivity index (χ0v) is 30.4. The monoisotopic (exact) mass is 725 g/mol. The topological polar surface area (TPSA) is 85.2 Å². The van der Waals surface area contributed by atoms with Crippen LogP contribution in [0.1, 0.15) is 55.3 Å². The summed E-state index contributed by atoms with van der Waals surface area (Å²) in [6.45, 7) is 9.32. The van der Waals surface area contributed by atoms with Crippen LogP contribution in [-0.2, 0) is 40.5 Å². The van der Waals surface area contributed by atoms with E-state index < -0.39 is 21.8 Å². The molecule has 10 nitrogen and oxygen atoms in total. The molecule has 0 saturated carbocycles. The van der Waals surface area contributed by atoms with Gasteiger partial charge in [0.1, 0.15) is 0 Å². The number of nitrogens with zero attached hydrogens (tertiary/aromatic N) is 7. The van der Waals surface area contributed by atoms with E-state index in [1.807, 2.05) is 4.68 Å². The molecule has 0 bridgehead atoms. The summed E-state index contributed by atoms with van der Waals surface area (Å²) in [4.78, 5) is 21.5. The Morgan fingerprint density at radius 1 is 0.918 bits per heavy atom. The summed E-state index contributed by atoms with van der Waals surface area (Å²) < 4.78 is 71.1. The number of thioether (sulfide) groups is 1. The van der Waals surface area contributed by atoms with Crippen molar-refractivity contribution in [2.45, 2.75) is 75.1 Å². The van der Waals surface area contributed by atoms with Gasteiger partial charge in [0.25, 0.3) is 0 Å². The lowest BCUT2D eigenvalue weighted by Crippen LogP contribution is -2.45. The van der Waals surface area contributed by atoms with Crippen LogP contribution in [0.5, 0.6) is 0 Å². The van der Waals surface area contributed by atoms with Crippen LogP contribution >= 0.6 is 11.8 Å². The molecule has 6 rings (SSSR count). The summed E-state index contributed by atoms with van der Waals surface area (Å²) in [5, 5.41) is 4.97. The molecule has 0 aliphatic carbocycles. The van der Waals surface area contributed by atoms with E-state index in [1.165, 1.54) is 28.4 Å². The van der Waals surface area contributed by atoms with E-state index in [9.17, 15) is 26.4 Å². The van der Waals surface area contributed by atoms with E-state index in [1.54, 1.807) is 6.07 Å². The summed E-state index contributed by atoms with van der Waals surface area (Å²) in [5.74, 6) is 0.822. The van der Waals surface area contributed by atoms with Gasteiger partial charge in [0, 0.05) is 105 Å². The van der Waals surface area contributed by atoms with Crippen LogP contribution in [0, 0.1) is 0 Å². The molecule has 272 valence electrons. The van der Waals surface area contributed by atoms with E-state index in [2.05, 4.69) is 26.6 Å². The molecule has 3 saturated heterocycles. The van der Waals surface area contributed by atoms with Crippen molar-refractivity contribution in [2.24, 2.45) is 0 Å². The number of carbonyl (C=O) groups is 1. The highest BCUT2D eigenvalue weighted by molar-refractivity contribution is 7.99. The first-order valence-electron chi connectivity index (χ1n) is 17.7. The van der Waals surface area contributed by atoms with Crippen molar-refractivity contribution in [3.8, 4) is 11.3 Å². The normalized spacial score (nSPS) is 21.4. The third-order valence-electron chi connectivity index (χ3n) is 10.6. The van der Waals surface area contributed by atoms with Crippen LogP contribution in [0.4, 0.5) is 13.2 Å². The first-order chi connectivity index (χ1) is 23.4. The molecule has 5 heterocycles. The minimum atomic E-state index is -4.49. The fraction of sp³-hybridized carbons (Fsp3) is 0.706. The smallest absolute Gasteiger partial charge is 0.340 e. The number of aryl methyl sites for hydroxylation is 1. The lowest BCUT2D eigenvalue weighted by Gasteiger charge is -2.36. The number of hydrogen-bond acceptors (Lipinski definition) is 8. The molecule has 4 aliphatic rings. The molecular formula is C34H50F3N7O3S2. The Kier molecular flexibility index (Phi) is 11.7. The molecule has 1 aromatic carbocycles. The van der Waals surface area contributed by atoms with Crippen molar-refractivity contribution < 1.29 is 26.4 Å². The van der Waals surface area contributed by atoms with Gasteiger partial charge in [-0.2, -0.15) is 22.6 Å². The number of hydrogen-bond donors (Lipinski definition) is 0. The van der Waals surface area contributed by atoms with Crippen molar-refractivity contribution in [2.75, 3.05) is 84.5 Å². The third-order valence-corrected chi connectivity index (χ3v) is 12.8. The minimum absolute atomic E-state index is 0.152. The Balaban J connectivity index is 1.17. The third kappa shape index (κ3) is 9.01. The lowest BCUT2D eigenvalue weighted by molar-refractivity contribution is -0.139. The Morgan fingerprint density at radius 3 is 2.41 bits per heavy atom. The number of sulfonamides is 1. The van der Waals surface area contributed by atoms with Crippen molar-refractivity contribution in [3.05, 3.63) is 35.0 Å². The highest BCUT2D eigenvalue weighted by Crippen LogP contribution is 2.40. The van der Waals surface area contributed by atoms with Crippen molar-refractivity contribution in [3.63, 3.8) is 0 Å². The standard InChI is InChI=1S/C34H50F3N7O3S2/c1-39-12-4-13-41(21-20-39)22-23-48-31-24-26(7-8-29(31)34(35,36)37)33-28-25-42(49(2,46)47)19-11-30(28)44(38-33)16-5-14-40-17-9-27(10-18-40)43-15-3-6-32(43)45/h7-8,24,27H,3-6,9-23,25H2,1-2H3. The van der Waals surface area contributed by atoms with Crippen molar-refractivity contribution in [1.82, 2.24) is 33.7 Å². The SMILES string of the molecule is CN1CCCN(CCSc2cc(-c3nn(CCCN4CCC(N5CCCC5=O)CC4)c4c3CN(S(C)(=O)=O)CC4)ccc2C(F)(F)F)CC1. The molecule has 3 fully saturated rings. The largest absolute Gasteiger partial charge is 0.417 e. The quantitative estimate of drug-likeness (QED) is 0.321. The first-order valence-corrected chi connectivity index (χ1v) is 20.5. The van der Waals surface area contributed by atoms with E-state index in [-0.39, 0.29) is 17.3 Å². The van der Waals surface area contributed by atoms with Gasteiger partial charge >= 0.3 is 6.18 Å². The summed E-state index contributed by atoms with van der Waals surface area (Å²) in [6, 6.07) is 4.58. The number of rotatable bonds is 11. The Hall–Kier alpha value is -2.17. The Bertz CT molecular complexity index is 1580. The summed E-state index contributed by atoms with van der Waals surface area (Å²) >= 11 is 1.23. The second kappa shape index (κ2) is 15.6. The minimum Gasteiger partial charge on any atom is -0.340 e. The van der Waals surface area contributed by atoms with Crippen LogP contribution in [-0.4, -0.2) is 139 Å². The highest BCUT2D eigenvalue weighted by atomic mass is 32.2. The maximum absolute atomic E-state index is 14.2. The van der Waals surface area contributed by atoms with Gasteiger partial charge in [-0.1, -0.05) is 6.07 Å². The number of aromatic nitrogens is 2. The van der Waals surface area contributed by atoms with E-state index >= 15 is 0 Å². The van der Waals surface area contributed by atoms with Crippen LogP contribution in [0.3, 0.4) is 0 Å². The fourth-order valence-electron chi connectivity index (χ4n) is 7.75. The molecule has 0 spiro atoms. The molecular weight excluding hydrogens is 676 g/mol. The van der Waals surface area contributed by atoms with Crippen molar-refractivity contribution >= 4 is 27.7 Å². The second-order valence-electron chi connectivity index (χ2n) is 14.0. The molecule has 0 N–H and O–H groups in total. The second-order valence-corrected chi connectivity index (χ2v) is 17.1. The zero-order chi connectivity index (χ0) is 34.8. The number of likely N-dealkylation sites (tertiary alicyclic amines) is 2. The molecule has 15 heteroatoms. The van der Waals surface area contributed by atoms with E-state index in [4.69, 9.17) is 5.10 Å². The van der Waals surface area contributed by atoms with Gasteiger partial charge in [0.2, 0.25) is 15.9 Å². The van der Waals surface area contributed by atoms with Crippen LogP contribution in [0.15, 0.2) is 23.1 Å². The number of likely N-dealkylation sites (N-methyl/N-ethyl adjacent to an activating group) is 1. The van der Waals surface area contributed by atoms with Gasteiger partial charge in [-0.3, -0.25) is 9.48 Å². The molecule has 1 amide bonds. The summed E-state index contributed by atoms with van der Waals surface area (Å²) in [7, 11) is -1.37. The number of amides is 1. The summed E-state index contributed by atoms with van der Waals surface area (Å²) in [6.07, 6.45) is 2.69. The Labute approximate surface area is 293 Å². The fourth-order valence-corrected chi connectivity index (χ4v) is 9.66. The van der Waals surface area contributed by atoms with E-state index in [0.29, 0.717) is 55.5 Å². The predicted molar refractivity (Wildman–Crippen MR) is 186 cm³/mol. The predicted octanol–water partition coefficient (Wildman–Crippen LogP) is 4.09. The van der Waals surface area contributed by atoms with Gasteiger partial charge in [-0.25, -0.2) is 8.42 Å². The van der Waals surface area contributed by atoms with Gasteiger partial charge < -0.3 is 19.6 Å². The molecule has 4 aliphatic heterocycles. The summed E-state index contributed by atoms with van der Waals surface area (Å²) in [5.41, 5.74) is 2.22. The maximum atomic E-state index is 14.2. The number of carbonyl (C=O) groups excluding carboxylic acids is 1. The van der Waals surface area contributed by atoms with Gasteiger partial charge in [0.05, 0.1) is 17.5 Å². The maximum Gasteiger partial charge on any atom is 0.417 e. The van der Waals surface area contributed by atoms with Crippen LogP contribution in [0.25, 0.3) is 11.3 Å². The zero-order valence-electron chi connectivity index (χ0n) is 28.8. The average molecular weight is 726 g/mol. The number of halogens is 3. The number of fused-ring (bicyclic) bond motifs is 1. The van der Waals surface area contributed by atoms with E-state index in [0.717, 1.165) is 102 Å². The molecule has 0 atom stereocenters. The average Bonchev–Trinajstić information content (AvgIpc) is 3.58. The molecule has 49 heavy (non-hydrogen) atoms.